The average Bonchev–Trinajstić information content (AvgIpc) is 3.44. The number of nitrogens with one attached hydrogen (secondary N) is 2. The quantitative estimate of drug-likeness (QED) is 0.0962. The lowest BCUT2D eigenvalue weighted by molar-refractivity contribution is -0.0788. The molecule has 256 valence electrons. The Morgan fingerprint density at radius 1 is 1.20 bits per heavy atom. The number of aryl methyl sites for hydroxylation is 1. The number of benzene rings is 2. The molecule has 2 aliphatic heterocycles. The Bertz CT molecular complexity index is 1920. The van der Waals surface area contributed by atoms with E-state index in [4.69, 9.17) is 9.47 Å². The van der Waals surface area contributed by atoms with Crippen molar-refractivity contribution in [3.63, 3.8) is 0 Å². The number of amides is 2. The van der Waals surface area contributed by atoms with Gasteiger partial charge in [0.05, 0.1) is 44.6 Å². The van der Waals surface area contributed by atoms with Crippen LogP contribution in [0.1, 0.15) is 57.2 Å². The number of para-hydroxylation sites is 1. The standard InChI is InChI=1S/C37H42N6O5S/c1-6-47-36(3,4)20-24(21-38)37(5,46)42-18-10-11-25(22-42)40-33(44)32-31-30-29(16-17-39-34(30)49-32)43(35(45)41-31)28-15-14-27(19-23(28)2)48-26-12-8-7-9-13-26/h7-9,12-17,19-20,25,33,40,44,46H,6,10-11,18,22H2,1-5H3,(H,41,45)/b24-20+/t25-,33?,37?/m1/s1. The maximum absolute atomic E-state index is 13.8. The summed E-state index contributed by atoms with van der Waals surface area (Å²) in [5, 5.41) is 40.2. The molecule has 12 heteroatoms. The third-order valence-electron chi connectivity index (χ3n) is 8.98. The Hall–Kier alpha value is -4.35. The number of nitriles is 1. The molecule has 0 aliphatic carbocycles. The van der Waals surface area contributed by atoms with Crippen molar-refractivity contribution in [2.75, 3.05) is 29.9 Å². The molecule has 49 heavy (non-hydrogen) atoms. The van der Waals surface area contributed by atoms with Gasteiger partial charge in [-0.05, 0) is 95.5 Å². The van der Waals surface area contributed by atoms with E-state index in [9.17, 15) is 20.3 Å². The predicted molar refractivity (Wildman–Crippen MR) is 191 cm³/mol. The molecule has 11 nitrogen and oxygen atoms in total. The van der Waals surface area contributed by atoms with Crippen LogP contribution in [0.25, 0.3) is 10.2 Å². The molecule has 1 saturated heterocycles. The number of pyridine rings is 1. The number of hydrogen-bond acceptors (Lipinski definition) is 10. The summed E-state index contributed by atoms with van der Waals surface area (Å²) in [5.41, 5.74) is 0.707. The number of aliphatic hydroxyl groups is 2. The van der Waals surface area contributed by atoms with Crippen molar-refractivity contribution in [3.05, 3.63) is 82.9 Å². The largest absolute Gasteiger partial charge is 0.457 e. The van der Waals surface area contributed by atoms with Crippen molar-refractivity contribution in [1.29, 1.82) is 5.26 Å². The van der Waals surface area contributed by atoms with Gasteiger partial charge in [0.1, 0.15) is 22.6 Å². The van der Waals surface area contributed by atoms with Crippen molar-refractivity contribution in [2.45, 2.75) is 71.1 Å². The van der Waals surface area contributed by atoms with Crippen molar-refractivity contribution in [2.24, 2.45) is 0 Å². The van der Waals surface area contributed by atoms with Gasteiger partial charge in [-0.3, -0.25) is 15.1 Å². The highest BCUT2D eigenvalue weighted by molar-refractivity contribution is 7.19. The zero-order valence-corrected chi connectivity index (χ0v) is 29.2. The van der Waals surface area contributed by atoms with E-state index in [0.29, 0.717) is 52.2 Å². The number of urea groups is 1. The highest BCUT2D eigenvalue weighted by atomic mass is 32.1. The van der Waals surface area contributed by atoms with Crippen LogP contribution in [0, 0.1) is 18.3 Å². The van der Waals surface area contributed by atoms with Gasteiger partial charge >= 0.3 is 6.03 Å². The number of aromatic nitrogens is 1. The van der Waals surface area contributed by atoms with Gasteiger partial charge in [0.2, 0.25) is 0 Å². The number of thiophene rings is 1. The molecule has 4 N–H and O–H groups in total. The van der Waals surface area contributed by atoms with E-state index in [1.165, 1.54) is 11.3 Å². The molecule has 3 atom stereocenters. The van der Waals surface area contributed by atoms with Crippen LogP contribution in [-0.4, -0.2) is 63.2 Å². The van der Waals surface area contributed by atoms with Crippen LogP contribution in [0.4, 0.5) is 21.9 Å². The fourth-order valence-corrected chi connectivity index (χ4v) is 7.68. The maximum atomic E-state index is 13.8. The van der Waals surface area contributed by atoms with E-state index in [2.05, 4.69) is 21.7 Å². The predicted octanol–water partition coefficient (Wildman–Crippen LogP) is 7.10. The third-order valence-corrected chi connectivity index (χ3v) is 10.1. The zero-order valence-electron chi connectivity index (χ0n) is 28.4. The Balaban J connectivity index is 1.23. The first kappa shape index (κ1) is 34.5. The van der Waals surface area contributed by atoms with Gasteiger partial charge in [0, 0.05) is 31.9 Å². The highest BCUT2D eigenvalue weighted by Crippen LogP contribution is 2.48. The molecule has 6 rings (SSSR count). The third kappa shape index (κ3) is 7.05. The molecule has 1 fully saturated rings. The first-order valence-electron chi connectivity index (χ1n) is 16.5. The highest BCUT2D eigenvalue weighted by Gasteiger charge is 2.39. The summed E-state index contributed by atoms with van der Waals surface area (Å²) in [4.78, 5) is 23.1. The summed E-state index contributed by atoms with van der Waals surface area (Å²) in [5.74, 6) is 1.38. The molecule has 2 aliphatic rings. The van der Waals surface area contributed by atoms with E-state index < -0.39 is 17.6 Å². The molecule has 0 radical (unpaired) electrons. The lowest BCUT2D eigenvalue weighted by Gasteiger charge is -2.43. The maximum Gasteiger partial charge on any atom is 0.331 e. The van der Waals surface area contributed by atoms with E-state index in [-0.39, 0.29) is 17.6 Å². The molecule has 2 amide bonds. The molecular weight excluding hydrogens is 641 g/mol. The van der Waals surface area contributed by atoms with Gasteiger partial charge < -0.3 is 25.0 Å². The smallest absolute Gasteiger partial charge is 0.331 e. The number of nitrogens with zero attached hydrogens (tertiary/aromatic N) is 4. The Labute approximate surface area is 290 Å². The normalized spacial score (nSPS) is 18.9. The van der Waals surface area contributed by atoms with Gasteiger partial charge in [0.25, 0.3) is 0 Å². The van der Waals surface area contributed by atoms with E-state index in [1.807, 2.05) is 87.2 Å². The first-order chi connectivity index (χ1) is 23.4. The second-order valence-corrected chi connectivity index (χ2v) is 14.1. The molecule has 0 saturated carbocycles. The summed E-state index contributed by atoms with van der Waals surface area (Å²) in [6.45, 7) is 10.6. The van der Waals surface area contributed by atoms with Crippen LogP contribution in [0.3, 0.4) is 0 Å². The number of likely N-dealkylation sites (tertiary alicyclic amines) is 1. The SMILES string of the molecule is CCOC(C)(C)/C=C(\C#N)C(C)(O)N1CCC[C@@H](NC(O)c2sc3nccc4c3c2NC(=O)N4c2ccc(Oc3ccccc3)cc2C)C1. The Kier molecular flexibility index (Phi) is 9.77. The summed E-state index contributed by atoms with van der Waals surface area (Å²) < 4.78 is 11.8. The number of piperidine rings is 1. The number of anilines is 3. The number of aliphatic hydroxyl groups excluding tert-OH is 1. The average molecular weight is 683 g/mol. The molecule has 4 heterocycles. The number of carbonyl (C=O) groups excluding carboxylic acids is 1. The van der Waals surface area contributed by atoms with Gasteiger partial charge in [0.15, 0.2) is 5.72 Å². The van der Waals surface area contributed by atoms with Crippen molar-refractivity contribution in [3.8, 4) is 17.6 Å². The van der Waals surface area contributed by atoms with Crippen LogP contribution in [-0.2, 0) is 4.74 Å². The molecule has 2 unspecified atom stereocenters. The topological polar surface area (TPSA) is 143 Å². The van der Waals surface area contributed by atoms with Crippen LogP contribution in [0.15, 0.2) is 72.4 Å². The van der Waals surface area contributed by atoms with E-state index >= 15 is 0 Å². The van der Waals surface area contributed by atoms with E-state index in [1.54, 1.807) is 24.1 Å². The zero-order chi connectivity index (χ0) is 34.9. The minimum Gasteiger partial charge on any atom is -0.457 e. The number of ether oxygens (including phenoxy) is 2. The first-order valence-corrected chi connectivity index (χ1v) is 17.3. The van der Waals surface area contributed by atoms with Crippen molar-refractivity contribution < 1.29 is 24.5 Å². The summed E-state index contributed by atoms with van der Waals surface area (Å²) >= 11 is 1.32. The Morgan fingerprint density at radius 3 is 2.69 bits per heavy atom. The van der Waals surface area contributed by atoms with E-state index in [0.717, 1.165) is 29.5 Å². The molecule has 2 aromatic heterocycles. The Morgan fingerprint density at radius 2 is 1.98 bits per heavy atom. The molecule has 0 bridgehead atoms. The monoisotopic (exact) mass is 682 g/mol. The molecular formula is C37H42N6O5S. The summed E-state index contributed by atoms with van der Waals surface area (Å²) in [6, 6.07) is 18.6. The minimum absolute atomic E-state index is 0.199. The summed E-state index contributed by atoms with van der Waals surface area (Å²) in [7, 11) is 0. The van der Waals surface area contributed by atoms with Crippen molar-refractivity contribution in [1.82, 2.24) is 15.2 Å². The molecule has 2 aromatic carbocycles. The number of hydrogen-bond donors (Lipinski definition) is 4. The van der Waals surface area contributed by atoms with Gasteiger partial charge in [-0.25, -0.2) is 9.78 Å². The van der Waals surface area contributed by atoms with Crippen LogP contribution in [0.2, 0.25) is 0 Å². The van der Waals surface area contributed by atoms with Crippen LogP contribution >= 0.6 is 11.3 Å². The van der Waals surface area contributed by atoms with Crippen molar-refractivity contribution >= 4 is 44.6 Å². The summed E-state index contributed by atoms with van der Waals surface area (Å²) in [6.07, 6.45) is 3.74. The lowest BCUT2D eigenvalue weighted by Crippen LogP contribution is -2.56. The molecule has 4 aromatic rings. The van der Waals surface area contributed by atoms with Crippen LogP contribution in [0.5, 0.6) is 11.5 Å². The second-order valence-electron chi connectivity index (χ2n) is 13.1. The fraction of sp³-hybridized carbons (Fsp3) is 0.378. The van der Waals surface area contributed by atoms with Gasteiger partial charge in [-0.15, -0.1) is 11.3 Å². The number of rotatable bonds is 11. The van der Waals surface area contributed by atoms with Gasteiger partial charge in [-0.2, -0.15) is 5.26 Å². The fourth-order valence-electron chi connectivity index (χ4n) is 6.62. The lowest BCUT2D eigenvalue weighted by atomic mass is 9.94. The minimum atomic E-state index is -1.53. The number of carbonyl (C=O) groups is 1. The molecule has 0 spiro atoms. The van der Waals surface area contributed by atoms with Crippen LogP contribution < -0.4 is 20.3 Å². The second kappa shape index (κ2) is 13.9. The van der Waals surface area contributed by atoms with Gasteiger partial charge in [-0.1, -0.05) is 18.2 Å².